The lowest BCUT2D eigenvalue weighted by atomic mass is 10.0. The highest BCUT2D eigenvalue weighted by Gasteiger charge is 2.17. The zero-order valence-electron chi connectivity index (χ0n) is 10.3. The second kappa shape index (κ2) is 5.50. The van der Waals surface area contributed by atoms with Crippen molar-refractivity contribution in [2.75, 3.05) is 14.1 Å². The normalized spacial score (nSPS) is 11.9. The van der Waals surface area contributed by atoms with Crippen molar-refractivity contribution in [1.82, 2.24) is 4.90 Å². The summed E-state index contributed by atoms with van der Waals surface area (Å²) in [7, 11) is 3.13. The molecule has 6 nitrogen and oxygen atoms in total. The zero-order valence-corrected chi connectivity index (χ0v) is 10.3. The molecule has 18 heavy (non-hydrogen) atoms. The highest BCUT2D eigenvalue weighted by atomic mass is 16.4. The number of carbonyl (C=O) groups excluding carboxylic acids is 1. The first-order chi connectivity index (χ1) is 8.32. The number of hydrogen-bond acceptors (Lipinski definition) is 4. The van der Waals surface area contributed by atoms with E-state index in [2.05, 4.69) is 0 Å². The molecule has 1 amide bonds. The fourth-order valence-corrected chi connectivity index (χ4v) is 1.46. The van der Waals surface area contributed by atoms with Gasteiger partial charge in [0.15, 0.2) is 0 Å². The second-order valence-corrected chi connectivity index (χ2v) is 4.20. The molecule has 0 unspecified atom stereocenters. The summed E-state index contributed by atoms with van der Waals surface area (Å²) in [6.45, 7) is 0. The standard InChI is InChI=1S/C12H16N2O4/c1-14(2)11(16)8-5-7(3-4-10(8)15)6-9(13)12(17)18/h3-5,9,15H,6,13H2,1-2H3,(H,17,18)/t9-/m0/s1. The fraction of sp³-hybridized carbons (Fsp3) is 0.333. The number of amides is 1. The summed E-state index contributed by atoms with van der Waals surface area (Å²) in [5, 5.41) is 18.3. The average molecular weight is 252 g/mol. The summed E-state index contributed by atoms with van der Waals surface area (Å²) in [6.07, 6.45) is 0.101. The number of benzene rings is 1. The van der Waals surface area contributed by atoms with Crippen molar-refractivity contribution < 1.29 is 19.8 Å². The van der Waals surface area contributed by atoms with Gasteiger partial charge in [-0.05, 0) is 24.1 Å². The van der Waals surface area contributed by atoms with Crippen molar-refractivity contribution in [3.63, 3.8) is 0 Å². The lowest BCUT2D eigenvalue weighted by Crippen LogP contribution is -2.32. The van der Waals surface area contributed by atoms with Crippen LogP contribution in [0.5, 0.6) is 5.75 Å². The summed E-state index contributed by atoms with van der Waals surface area (Å²) in [6, 6.07) is 3.34. The van der Waals surface area contributed by atoms with Crippen LogP contribution in [0.15, 0.2) is 18.2 Å². The van der Waals surface area contributed by atoms with Gasteiger partial charge in [-0.15, -0.1) is 0 Å². The quantitative estimate of drug-likeness (QED) is 0.702. The van der Waals surface area contributed by atoms with Crippen molar-refractivity contribution >= 4 is 11.9 Å². The minimum absolute atomic E-state index is 0.101. The number of phenols is 1. The highest BCUT2D eigenvalue weighted by molar-refractivity contribution is 5.96. The first kappa shape index (κ1) is 14.0. The van der Waals surface area contributed by atoms with Crippen LogP contribution in [-0.2, 0) is 11.2 Å². The number of rotatable bonds is 4. The molecule has 1 rings (SSSR count). The molecule has 0 aliphatic heterocycles. The van der Waals surface area contributed by atoms with Crippen LogP contribution in [0.2, 0.25) is 0 Å². The molecule has 6 heteroatoms. The van der Waals surface area contributed by atoms with Gasteiger partial charge in [-0.25, -0.2) is 0 Å². The largest absolute Gasteiger partial charge is 0.507 e. The van der Waals surface area contributed by atoms with E-state index in [1.807, 2.05) is 0 Å². The van der Waals surface area contributed by atoms with Gasteiger partial charge in [0.25, 0.3) is 5.91 Å². The predicted octanol–water partition coefficient (Wildman–Crippen LogP) is 0.0484. The molecule has 0 radical (unpaired) electrons. The Bertz CT molecular complexity index is 471. The molecule has 0 heterocycles. The molecule has 98 valence electrons. The third kappa shape index (κ3) is 3.21. The number of nitrogens with zero attached hydrogens (tertiary/aromatic N) is 1. The van der Waals surface area contributed by atoms with E-state index in [0.717, 1.165) is 0 Å². The second-order valence-electron chi connectivity index (χ2n) is 4.20. The molecule has 0 fully saturated rings. The van der Waals surface area contributed by atoms with E-state index < -0.39 is 12.0 Å². The molecular weight excluding hydrogens is 236 g/mol. The van der Waals surface area contributed by atoms with Gasteiger partial charge in [0.2, 0.25) is 0 Å². The summed E-state index contributed by atoms with van der Waals surface area (Å²) in [4.78, 5) is 23.7. The van der Waals surface area contributed by atoms with Crippen molar-refractivity contribution in [3.8, 4) is 5.75 Å². The Labute approximate surface area is 105 Å². The fourth-order valence-electron chi connectivity index (χ4n) is 1.46. The van der Waals surface area contributed by atoms with Crippen LogP contribution in [0.3, 0.4) is 0 Å². The molecule has 1 aromatic carbocycles. The molecule has 0 saturated carbocycles. The minimum Gasteiger partial charge on any atom is -0.507 e. The Morgan fingerprint density at radius 2 is 2.00 bits per heavy atom. The molecule has 0 aliphatic rings. The zero-order chi connectivity index (χ0) is 13.9. The third-order valence-corrected chi connectivity index (χ3v) is 2.47. The van der Waals surface area contributed by atoms with Crippen molar-refractivity contribution in [3.05, 3.63) is 29.3 Å². The van der Waals surface area contributed by atoms with Crippen molar-refractivity contribution in [2.24, 2.45) is 5.73 Å². The van der Waals surface area contributed by atoms with Gasteiger partial charge in [-0.2, -0.15) is 0 Å². The summed E-state index contributed by atoms with van der Waals surface area (Å²) in [5.74, 6) is -1.59. The predicted molar refractivity (Wildman–Crippen MR) is 65.4 cm³/mol. The van der Waals surface area contributed by atoms with E-state index in [4.69, 9.17) is 10.8 Å². The van der Waals surface area contributed by atoms with E-state index in [0.29, 0.717) is 5.56 Å². The van der Waals surface area contributed by atoms with Crippen molar-refractivity contribution in [2.45, 2.75) is 12.5 Å². The number of aliphatic carboxylic acids is 1. The van der Waals surface area contributed by atoms with Crippen LogP contribution in [-0.4, -0.2) is 47.1 Å². The van der Waals surface area contributed by atoms with Crippen LogP contribution >= 0.6 is 0 Å². The summed E-state index contributed by atoms with van der Waals surface area (Å²) in [5.41, 5.74) is 6.14. The van der Waals surface area contributed by atoms with Gasteiger partial charge >= 0.3 is 5.97 Å². The molecule has 0 aromatic heterocycles. The number of carboxylic acids is 1. The van der Waals surface area contributed by atoms with Gasteiger partial charge in [-0.1, -0.05) is 6.07 Å². The lowest BCUT2D eigenvalue weighted by Gasteiger charge is -2.13. The smallest absolute Gasteiger partial charge is 0.320 e. The van der Waals surface area contributed by atoms with E-state index >= 15 is 0 Å². The molecule has 1 aromatic rings. The van der Waals surface area contributed by atoms with Crippen LogP contribution < -0.4 is 5.73 Å². The van der Waals surface area contributed by atoms with Crippen LogP contribution in [0.1, 0.15) is 15.9 Å². The number of aromatic hydroxyl groups is 1. The van der Waals surface area contributed by atoms with Gasteiger partial charge in [0, 0.05) is 14.1 Å². The van der Waals surface area contributed by atoms with Gasteiger partial charge in [0.05, 0.1) is 5.56 Å². The maximum atomic E-state index is 11.8. The van der Waals surface area contributed by atoms with Crippen LogP contribution in [0.25, 0.3) is 0 Å². The highest BCUT2D eigenvalue weighted by Crippen LogP contribution is 2.20. The molecule has 0 saturated heterocycles. The molecule has 4 N–H and O–H groups in total. The number of carboxylic acid groups (broad SMARTS) is 1. The number of carbonyl (C=O) groups is 2. The Kier molecular flexibility index (Phi) is 4.28. The van der Waals surface area contributed by atoms with Gasteiger partial charge < -0.3 is 20.8 Å². The van der Waals surface area contributed by atoms with Gasteiger partial charge in [-0.3, -0.25) is 9.59 Å². The van der Waals surface area contributed by atoms with E-state index in [9.17, 15) is 14.7 Å². The van der Waals surface area contributed by atoms with Crippen LogP contribution in [0.4, 0.5) is 0 Å². The minimum atomic E-state index is -1.11. The lowest BCUT2D eigenvalue weighted by molar-refractivity contribution is -0.138. The van der Waals surface area contributed by atoms with E-state index in [1.54, 1.807) is 20.2 Å². The summed E-state index contributed by atoms with van der Waals surface area (Å²) >= 11 is 0. The summed E-state index contributed by atoms with van der Waals surface area (Å²) < 4.78 is 0. The monoisotopic (exact) mass is 252 g/mol. The van der Waals surface area contributed by atoms with E-state index in [1.165, 1.54) is 17.0 Å². The number of phenolic OH excluding ortho intramolecular Hbond substituents is 1. The Hall–Kier alpha value is -2.08. The molecule has 0 bridgehead atoms. The maximum Gasteiger partial charge on any atom is 0.320 e. The Morgan fingerprint density at radius 1 is 1.39 bits per heavy atom. The number of hydrogen-bond donors (Lipinski definition) is 3. The number of nitrogens with two attached hydrogens (primary N) is 1. The topological polar surface area (TPSA) is 104 Å². The molecule has 0 aliphatic carbocycles. The molecule has 0 spiro atoms. The maximum absolute atomic E-state index is 11.8. The van der Waals surface area contributed by atoms with Gasteiger partial charge in [0.1, 0.15) is 11.8 Å². The molecular formula is C12H16N2O4. The first-order valence-electron chi connectivity index (χ1n) is 5.35. The Morgan fingerprint density at radius 3 is 2.50 bits per heavy atom. The molecule has 1 atom stereocenters. The van der Waals surface area contributed by atoms with Crippen molar-refractivity contribution in [1.29, 1.82) is 0 Å². The SMILES string of the molecule is CN(C)C(=O)c1cc(C[C@H](N)C(=O)O)ccc1O. The Balaban J connectivity index is 3.01. The third-order valence-electron chi connectivity index (χ3n) is 2.47. The average Bonchev–Trinajstić information content (AvgIpc) is 2.30. The van der Waals surface area contributed by atoms with E-state index in [-0.39, 0.29) is 23.6 Å². The first-order valence-corrected chi connectivity index (χ1v) is 5.35. The van der Waals surface area contributed by atoms with Crippen LogP contribution in [0, 0.1) is 0 Å².